The van der Waals surface area contributed by atoms with Gasteiger partial charge in [0, 0.05) is 23.6 Å². The summed E-state index contributed by atoms with van der Waals surface area (Å²) >= 11 is 1.57. The maximum Gasteiger partial charge on any atom is 0.182 e. The number of thiazole rings is 1. The Morgan fingerprint density at radius 1 is 1.22 bits per heavy atom. The lowest BCUT2D eigenvalue weighted by Crippen LogP contribution is -1.95. The third-order valence-corrected chi connectivity index (χ3v) is 3.63. The second-order valence-electron chi connectivity index (χ2n) is 3.76. The summed E-state index contributed by atoms with van der Waals surface area (Å²) in [7, 11) is 5.18. The highest BCUT2D eigenvalue weighted by Crippen LogP contribution is 2.38. The lowest BCUT2D eigenvalue weighted by molar-refractivity contribution is 0.390. The number of hydrogen-bond donors (Lipinski definition) is 1. The standard InChI is InChI=1S/C13H16N2O2S/c1-8-11(16-3)6-5-9(12(8)17-4)10-7-18-13(14-2)15-10/h5-7H,1-4H3,(H,14,15). The number of nitrogens with zero attached hydrogens (tertiary/aromatic N) is 1. The van der Waals surface area contributed by atoms with Crippen LogP contribution in [0.15, 0.2) is 17.5 Å². The number of aromatic nitrogens is 1. The molecule has 4 nitrogen and oxygen atoms in total. The molecule has 0 fully saturated rings. The van der Waals surface area contributed by atoms with Gasteiger partial charge in [-0.3, -0.25) is 0 Å². The zero-order chi connectivity index (χ0) is 13.1. The Morgan fingerprint density at radius 2 is 2.00 bits per heavy atom. The molecule has 0 spiro atoms. The normalized spacial score (nSPS) is 10.2. The lowest BCUT2D eigenvalue weighted by Gasteiger charge is -2.13. The summed E-state index contributed by atoms with van der Waals surface area (Å²) < 4.78 is 10.8. The summed E-state index contributed by atoms with van der Waals surface area (Å²) in [5.41, 5.74) is 2.87. The smallest absolute Gasteiger partial charge is 0.182 e. The van der Waals surface area contributed by atoms with Crippen molar-refractivity contribution in [2.75, 3.05) is 26.6 Å². The van der Waals surface area contributed by atoms with Gasteiger partial charge in [0.05, 0.1) is 19.9 Å². The predicted molar refractivity (Wildman–Crippen MR) is 74.9 cm³/mol. The molecule has 0 unspecified atom stereocenters. The Hall–Kier alpha value is -1.75. The molecule has 2 aromatic rings. The van der Waals surface area contributed by atoms with Crippen LogP contribution in [0.4, 0.5) is 5.13 Å². The van der Waals surface area contributed by atoms with Crippen molar-refractivity contribution in [2.45, 2.75) is 6.92 Å². The molecule has 0 saturated heterocycles. The number of benzene rings is 1. The van der Waals surface area contributed by atoms with Gasteiger partial charge < -0.3 is 14.8 Å². The van der Waals surface area contributed by atoms with Gasteiger partial charge in [0.15, 0.2) is 5.13 Å². The van der Waals surface area contributed by atoms with E-state index < -0.39 is 0 Å². The van der Waals surface area contributed by atoms with E-state index in [0.717, 1.165) is 33.5 Å². The first-order chi connectivity index (χ1) is 8.71. The van der Waals surface area contributed by atoms with Gasteiger partial charge in [0.1, 0.15) is 11.5 Å². The van der Waals surface area contributed by atoms with Crippen LogP contribution in [-0.2, 0) is 0 Å². The van der Waals surface area contributed by atoms with Crippen LogP contribution >= 0.6 is 11.3 Å². The molecule has 18 heavy (non-hydrogen) atoms. The number of ether oxygens (including phenoxy) is 2. The molecule has 0 aliphatic carbocycles. The molecule has 5 heteroatoms. The van der Waals surface area contributed by atoms with Crippen LogP contribution in [0.2, 0.25) is 0 Å². The van der Waals surface area contributed by atoms with E-state index in [2.05, 4.69) is 10.3 Å². The number of hydrogen-bond acceptors (Lipinski definition) is 5. The summed E-state index contributed by atoms with van der Waals surface area (Å²) in [4.78, 5) is 4.49. The van der Waals surface area contributed by atoms with Crippen LogP contribution in [-0.4, -0.2) is 26.3 Å². The first-order valence-corrected chi connectivity index (χ1v) is 6.44. The molecule has 0 bridgehead atoms. The maximum atomic E-state index is 5.48. The zero-order valence-electron chi connectivity index (χ0n) is 10.9. The molecule has 0 atom stereocenters. The predicted octanol–water partition coefficient (Wildman–Crippen LogP) is 3.18. The Labute approximate surface area is 111 Å². The second-order valence-corrected chi connectivity index (χ2v) is 4.62. The number of anilines is 1. The SMILES string of the molecule is CNc1nc(-c2ccc(OC)c(C)c2OC)cs1. The summed E-state index contributed by atoms with van der Waals surface area (Å²) in [6.45, 7) is 1.98. The van der Waals surface area contributed by atoms with Crippen LogP contribution in [0.5, 0.6) is 11.5 Å². The van der Waals surface area contributed by atoms with Crippen molar-refractivity contribution in [3.05, 3.63) is 23.1 Å². The van der Waals surface area contributed by atoms with Crippen molar-refractivity contribution in [2.24, 2.45) is 0 Å². The van der Waals surface area contributed by atoms with Crippen LogP contribution < -0.4 is 14.8 Å². The van der Waals surface area contributed by atoms with Crippen LogP contribution in [0, 0.1) is 6.92 Å². The fraction of sp³-hybridized carbons (Fsp3) is 0.308. The average Bonchev–Trinajstić information content (AvgIpc) is 2.87. The van der Waals surface area contributed by atoms with Crippen molar-refractivity contribution < 1.29 is 9.47 Å². The highest BCUT2D eigenvalue weighted by molar-refractivity contribution is 7.14. The number of nitrogens with one attached hydrogen (secondary N) is 1. The van der Waals surface area contributed by atoms with Gasteiger partial charge in [0.2, 0.25) is 0 Å². The molecule has 0 saturated carbocycles. The Morgan fingerprint density at radius 3 is 2.56 bits per heavy atom. The molecule has 0 aliphatic rings. The Kier molecular flexibility index (Phi) is 3.72. The molecule has 1 N–H and O–H groups in total. The fourth-order valence-electron chi connectivity index (χ4n) is 1.87. The van der Waals surface area contributed by atoms with Gasteiger partial charge in [-0.2, -0.15) is 0 Å². The Balaban J connectivity index is 2.53. The van der Waals surface area contributed by atoms with E-state index in [1.807, 2.05) is 31.5 Å². The zero-order valence-corrected chi connectivity index (χ0v) is 11.7. The fourth-order valence-corrected chi connectivity index (χ4v) is 2.54. The summed E-state index contributed by atoms with van der Waals surface area (Å²) in [6, 6.07) is 3.91. The second kappa shape index (κ2) is 5.27. The molecule has 0 aliphatic heterocycles. The van der Waals surface area contributed by atoms with Crippen molar-refractivity contribution in [1.29, 1.82) is 0 Å². The molecule has 0 radical (unpaired) electrons. The molecule has 96 valence electrons. The minimum atomic E-state index is 0.808. The molecular weight excluding hydrogens is 248 g/mol. The van der Waals surface area contributed by atoms with Crippen molar-refractivity contribution >= 4 is 16.5 Å². The molecular formula is C13H16N2O2S. The van der Waals surface area contributed by atoms with E-state index in [0.29, 0.717) is 0 Å². The first-order valence-electron chi connectivity index (χ1n) is 5.56. The van der Waals surface area contributed by atoms with Gasteiger partial charge in [-0.05, 0) is 19.1 Å². The Bertz CT molecular complexity index is 552. The van der Waals surface area contributed by atoms with Gasteiger partial charge in [-0.15, -0.1) is 11.3 Å². The maximum absolute atomic E-state index is 5.48. The largest absolute Gasteiger partial charge is 0.496 e. The third-order valence-electron chi connectivity index (χ3n) is 2.77. The highest BCUT2D eigenvalue weighted by Gasteiger charge is 2.14. The van der Waals surface area contributed by atoms with Gasteiger partial charge in [-0.25, -0.2) is 4.98 Å². The van der Waals surface area contributed by atoms with E-state index in [1.54, 1.807) is 25.6 Å². The number of rotatable bonds is 4. The third kappa shape index (κ3) is 2.13. The van der Waals surface area contributed by atoms with Gasteiger partial charge >= 0.3 is 0 Å². The van der Waals surface area contributed by atoms with Crippen molar-refractivity contribution in [1.82, 2.24) is 4.98 Å². The molecule has 1 aromatic carbocycles. The van der Waals surface area contributed by atoms with Crippen LogP contribution in [0.1, 0.15) is 5.56 Å². The van der Waals surface area contributed by atoms with E-state index in [1.165, 1.54) is 0 Å². The van der Waals surface area contributed by atoms with E-state index in [9.17, 15) is 0 Å². The molecule has 1 aromatic heterocycles. The van der Waals surface area contributed by atoms with E-state index in [-0.39, 0.29) is 0 Å². The van der Waals surface area contributed by atoms with Gasteiger partial charge in [-0.1, -0.05) is 0 Å². The van der Waals surface area contributed by atoms with Crippen molar-refractivity contribution in [3.63, 3.8) is 0 Å². The molecule has 1 heterocycles. The number of methoxy groups -OCH3 is 2. The minimum absolute atomic E-state index is 0.808. The topological polar surface area (TPSA) is 43.4 Å². The van der Waals surface area contributed by atoms with E-state index >= 15 is 0 Å². The summed E-state index contributed by atoms with van der Waals surface area (Å²) in [5, 5.41) is 5.93. The van der Waals surface area contributed by atoms with Crippen LogP contribution in [0.3, 0.4) is 0 Å². The quantitative estimate of drug-likeness (QED) is 0.921. The van der Waals surface area contributed by atoms with E-state index in [4.69, 9.17) is 9.47 Å². The van der Waals surface area contributed by atoms with Gasteiger partial charge in [0.25, 0.3) is 0 Å². The molecule has 0 amide bonds. The monoisotopic (exact) mass is 264 g/mol. The summed E-state index contributed by atoms with van der Waals surface area (Å²) in [5.74, 6) is 1.63. The summed E-state index contributed by atoms with van der Waals surface area (Å²) in [6.07, 6.45) is 0. The lowest BCUT2D eigenvalue weighted by atomic mass is 10.1. The molecule has 2 rings (SSSR count). The van der Waals surface area contributed by atoms with Crippen molar-refractivity contribution in [3.8, 4) is 22.8 Å². The first kappa shape index (κ1) is 12.7. The minimum Gasteiger partial charge on any atom is -0.496 e. The van der Waals surface area contributed by atoms with Crippen LogP contribution in [0.25, 0.3) is 11.3 Å². The average molecular weight is 264 g/mol. The highest BCUT2D eigenvalue weighted by atomic mass is 32.1.